The van der Waals surface area contributed by atoms with E-state index in [4.69, 9.17) is 4.74 Å². The van der Waals surface area contributed by atoms with Gasteiger partial charge in [0.2, 0.25) is 5.91 Å². The highest BCUT2D eigenvalue weighted by Gasteiger charge is 2.04. The smallest absolute Gasteiger partial charge is 0.234 e. The van der Waals surface area contributed by atoms with Crippen molar-refractivity contribution in [3.8, 4) is 0 Å². The number of rotatable bonds is 9. The fourth-order valence-corrected chi connectivity index (χ4v) is 1.61. The molecule has 0 aliphatic carbocycles. The van der Waals surface area contributed by atoms with Crippen LogP contribution in [-0.2, 0) is 9.53 Å². The maximum atomic E-state index is 11.3. The molecule has 0 saturated carbocycles. The Bertz CT molecular complexity index is 168. The van der Waals surface area contributed by atoms with Crippen molar-refractivity contribution in [2.24, 2.45) is 0 Å². The highest BCUT2D eigenvalue weighted by molar-refractivity contribution is 7.98. The van der Waals surface area contributed by atoms with Crippen LogP contribution in [0.2, 0.25) is 0 Å². The number of carbonyl (C=O) groups is 1. The second kappa shape index (κ2) is 10.3. The molecule has 15 heavy (non-hydrogen) atoms. The predicted molar refractivity (Wildman–Crippen MR) is 65.3 cm³/mol. The van der Waals surface area contributed by atoms with Gasteiger partial charge in [0, 0.05) is 19.7 Å². The summed E-state index contributed by atoms with van der Waals surface area (Å²) in [6.07, 6.45) is 3.18. The third kappa shape index (κ3) is 10.0. The van der Waals surface area contributed by atoms with Crippen molar-refractivity contribution >= 4 is 17.7 Å². The summed E-state index contributed by atoms with van der Waals surface area (Å²) in [5, 5.41) is 5.94. The van der Waals surface area contributed by atoms with Gasteiger partial charge in [0.15, 0.2) is 0 Å². The average Bonchev–Trinajstić information content (AvgIpc) is 2.24. The molecule has 90 valence electrons. The van der Waals surface area contributed by atoms with Gasteiger partial charge in [0.1, 0.15) is 0 Å². The second-order valence-electron chi connectivity index (χ2n) is 3.41. The fraction of sp³-hybridized carbons (Fsp3) is 0.900. The molecule has 0 fully saturated rings. The SMILES string of the molecule is COCCNC(=O)CNC(C)CCSC. The van der Waals surface area contributed by atoms with E-state index in [1.807, 2.05) is 11.8 Å². The molecule has 0 heterocycles. The summed E-state index contributed by atoms with van der Waals surface area (Å²) in [7, 11) is 1.62. The number of ether oxygens (including phenoxy) is 1. The molecule has 0 bridgehead atoms. The highest BCUT2D eigenvalue weighted by Crippen LogP contribution is 1.98. The topological polar surface area (TPSA) is 50.4 Å². The Kier molecular flexibility index (Phi) is 10.1. The highest BCUT2D eigenvalue weighted by atomic mass is 32.2. The average molecular weight is 234 g/mol. The Morgan fingerprint density at radius 1 is 1.53 bits per heavy atom. The van der Waals surface area contributed by atoms with E-state index in [9.17, 15) is 4.79 Å². The lowest BCUT2D eigenvalue weighted by Gasteiger charge is -2.12. The van der Waals surface area contributed by atoms with Crippen molar-refractivity contribution in [3.05, 3.63) is 0 Å². The third-order valence-corrected chi connectivity index (χ3v) is 2.64. The zero-order chi connectivity index (χ0) is 11.5. The largest absolute Gasteiger partial charge is 0.383 e. The molecule has 1 atom stereocenters. The van der Waals surface area contributed by atoms with E-state index in [0.29, 0.717) is 25.7 Å². The first-order valence-corrected chi connectivity index (χ1v) is 6.58. The zero-order valence-corrected chi connectivity index (χ0v) is 10.7. The van der Waals surface area contributed by atoms with Gasteiger partial charge in [-0.25, -0.2) is 0 Å². The maximum Gasteiger partial charge on any atom is 0.234 e. The Morgan fingerprint density at radius 3 is 2.87 bits per heavy atom. The van der Waals surface area contributed by atoms with Crippen LogP contribution in [0.1, 0.15) is 13.3 Å². The van der Waals surface area contributed by atoms with E-state index < -0.39 is 0 Å². The molecule has 2 N–H and O–H groups in total. The fourth-order valence-electron chi connectivity index (χ4n) is 1.02. The predicted octanol–water partition coefficient (Wildman–Crippen LogP) is 0.480. The summed E-state index contributed by atoms with van der Waals surface area (Å²) in [5.74, 6) is 1.16. The number of hydrogen-bond donors (Lipinski definition) is 2. The second-order valence-corrected chi connectivity index (χ2v) is 4.39. The number of carbonyl (C=O) groups excluding carboxylic acids is 1. The van der Waals surface area contributed by atoms with Crippen molar-refractivity contribution in [2.45, 2.75) is 19.4 Å². The van der Waals surface area contributed by atoms with E-state index >= 15 is 0 Å². The van der Waals surface area contributed by atoms with Gasteiger partial charge in [-0.05, 0) is 25.4 Å². The molecule has 0 aromatic carbocycles. The van der Waals surface area contributed by atoms with E-state index in [0.717, 1.165) is 12.2 Å². The van der Waals surface area contributed by atoms with Gasteiger partial charge < -0.3 is 15.4 Å². The quantitative estimate of drug-likeness (QED) is 0.570. The summed E-state index contributed by atoms with van der Waals surface area (Å²) in [6.45, 7) is 3.63. The zero-order valence-electron chi connectivity index (χ0n) is 9.84. The molecule has 0 saturated heterocycles. The van der Waals surface area contributed by atoms with E-state index in [1.54, 1.807) is 7.11 Å². The van der Waals surface area contributed by atoms with Crippen LogP contribution in [-0.4, -0.2) is 50.8 Å². The molecule has 0 aromatic rings. The first kappa shape index (κ1) is 14.7. The van der Waals surface area contributed by atoms with Crippen LogP contribution < -0.4 is 10.6 Å². The van der Waals surface area contributed by atoms with E-state index in [2.05, 4.69) is 23.8 Å². The lowest BCUT2D eigenvalue weighted by atomic mass is 10.2. The summed E-state index contributed by atoms with van der Waals surface area (Å²) in [6, 6.07) is 0.394. The molecule has 0 radical (unpaired) electrons. The van der Waals surface area contributed by atoms with Crippen molar-refractivity contribution in [1.29, 1.82) is 0 Å². The normalized spacial score (nSPS) is 12.5. The first-order chi connectivity index (χ1) is 7.20. The van der Waals surface area contributed by atoms with Gasteiger partial charge in [-0.3, -0.25) is 4.79 Å². The first-order valence-electron chi connectivity index (χ1n) is 5.18. The van der Waals surface area contributed by atoms with Crippen LogP contribution in [0.4, 0.5) is 0 Å². The lowest BCUT2D eigenvalue weighted by Crippen LogP contribution is -2.39. The molecule has 0 spiro atoms. The Balaban J connectivity index is 3.36. The minimum Gasteiger partial charge on any atom is -0.383 e. The maximum absolute atomic E-state index is 11.3. The molecule has 0 aliphatic rings. The molecule has 0 rings (SSSR count). The number of hydrogen-bond acceptors (Lipinski definition) is 4. The van der Waals surface area contributed by atoms with E-state index in [-0.39, 0.29) is 5.91 Å². The Hall–Kier alpha value is -0.260. The molecule has 0 aliphatic heterocycles. The monoisotopic (exact) mass is 234 g/mol. The van der Waals surface area contributed by atoms with Crippen molar-refractivity contribution in [1.82, 2.24) is 10.6 Å². The Morgan fingerprint density at radius 2 is 2.27 bits per heavy atom. The van der Waals surface area contributed by atoms with Crippen LogP contribution in [0.15, 0.2) is 0 Å². The molecular weight excluding hydrogens is 212 g/mol. The summed E-state index contributed by atoms with van der Waals surface area (Å²) < 4.78 is 4.83. The van der Waals surface area contributed by atoms with Gasteiger partial charge >= 0.3 is 0 Å². The van der Waals surface area contributed by atoms with Crippen LogP contribution in [0.25, 0.3) is 0 Å². The summed E-state index contributed by atoms with van der Waals surface area (Å²) in [4.78, 5) is 11.3. The van der Waals surface area contributed by atoms with Gasteiger partial charge in [-0.15, -0.1) is 0 Å². The van der Waals surface area contributed by atoms with Crippen LogP contribution in [0.3, 0.4) is 0 Å². The Labute approximate surface area is 96.5 Å². The van der Waals surface area contributed by atoms with Crippen molar-refractivity contribution in [3.63, 3.8) is 0 Å². The van der Waals surface area contributed by atoms with Crippen LogP contribution in [0.5, 0.6) is 0 Å². The number of nitrogens with one attached hydrogen (secondary N) is 2. The van der Waals surface area contributed by atoms with Gasteiger partial charge in [-0.1, -0.05) is 0 Å². The third-order valence-electron chi connectivity index (χ3n) is 1.99. The minimum atomic E-state index is 0.0306. The number of thioether (sulfide) groups is 1. The summed E-state index contributed by atoms with van der Waals surface area (Å²) >= 11 is 1.82. The van der Waals surface area contributed by atoms with Crippen LogP contribution >= 0.6 is 11.8 Å². The molecule has 1 unspecified atom stereocenters. The van der Waals surface area contributed by atoms with Crippen molar-refractivity contribution in [2.75, 3.05) is 38.8 Å². The lowest BCUT2D eigenvalue weighted by molar-refractivity contribution is -0.120. The van der Waals surface area contributed by atoms with Gasteiger partial charge in [0.05, 0.1) is 13.2 Å². The van der Waals surface area contributed by atoms with Crippen molar-refractivity contribution < 1.29 is 9.53 Å². The van der Waals surface area contributed by atoms with E-state index in [1.165, 1.54) is 0 Å². The standard InChI is InChI=1S/C10H22N2O2S/c1-9(4-7-15-3)12-8-10(13)11-5-6-14-2/h9,12H,4-8H2,1-3H3,(H,11,13). The van der Waals surface area contributed by atoms with Gasteiger partial charge in [0.25, 0.3) is 0 Å². The minimum absolute atomic E-state index is 0.0306. The number of methoxy groups -OCH3 is 1. The van der Waals surface area contributed by atoms with Gasteiger partial charge in [-0.2, -0.15) is 11.8 Å². The molecule has 5 heteroatoms. The molecule has 4 nitrogen and oxygen atoms in total. The molecule has 1 amide bonds. The molecular formula is C10H22N2O2S. The molecule has 0 aromatic heterocycles. The summed E-state index contributed by atoms with van der Waals surface area (Å²) in [5.41, 5.74) is 0. The number of amides is 1. The van der Waals surface area contributed by atoms with Crippen LogP contribution in [0, 0.1) is 0 Å².